The molecule has 6 nitrogen and oxygen atoms in total. The third kappa shape index (κ3) is 2.84. The molecule has 0 heterocycles. The van der Waals surface area contributed by atoms with Crippen LogP contribution in [0, 0.1) is 17.0 Å². The van der Waals surface area contributed by atoms with Gasteiger partial charge in [0.1, 0.15) is 0 Å². The van der Waals surface area contributed by atoms with E-state index in [1.807, 2.05) is 0 Å². The number of ether oxygens (including phenoxy) is 1. The topological polar surface area (TPSA) is 86.5 Å². The fourth-order valence-corrected chi connectivity index (χ4v) is 2.31. The maximum absolute atomic E-state index is 12.1. The number of hydrogen-bond donors (Lipinski definition) is 0. The van der Waals surface area contributed by atoms with Crippen LogP contribution in [0.25, 0.3) is 0 Å². The maximum Gasteiger partial charge on any atom is 0.339 e. The summed E-state index contributed by atoms with van der Waals surface area (Å²) in [5.74, 6) is -0.751. The first kappa shape index (κ1) is 14.2. The highest BCUT2D eigenvalue weighted by atomic mass is 16.6. The summed E-state index contributed by atoms with van der Waals surface area (Å²) in [5.41, 5.74) is 0.262. The second-order valence-electron chi connectivity index (χ2n) is 4.81. The van der Waals surface area contributed by atoms with E-state index in [0.29, 0.717) is 12.8 Å². The first-order chi connectivity index (χ1) is 9.50. The Kier molecular flexibility index (Phi) is 4.12. The van der Waals surface area contributed by atoms with Crippen LogP contribution in [-0.4, -0.2) is 22.8 Å². The van der Waals surface area contributed by atoms with E-state index in [1.54, 1.807) is 0 Å². The van der Waals surface area contributed by atoms with Gasteiger partial charge in [-0.05, 0) is 32.3 Å². The number of benzene rings is 1. The van der Waals surface area contributed by atoms with Gasteiger partial charge in [-0.3, -0.25) is 14.9 Å². The number of hydrogen-bond acceptors (Lipinski definition) is 5. The molecule has 0 bridgehead atoms. The number of ketones is 1. The molecule has 2 rings (SSSR count). The van der Waals surface area contributed by atoms with Gasteiger partial charge in [0.05, 0.1) is 10.5 Å². The van der Waals surface area contributed by atoms with Crippen LogP contribution in [0.5, 0.6) is 0 Å². The minimum atomic E-state index is -0.713. The van der Waals surface area contributed by atoms with Crippen molar-refractivity contribution in [2.75, 3.05) is 0 Å². The monoisotopic (exact) mass is 277 g/mol. The van der Waals surface area contributed by atoms with Gasteiger partial charge in [0.25, 0.3) is 5.69 Å². The minimum Gasteiger partial charge on any atom is -0.451 e. The lowest BCUT2D eigenvalue weighted by atomic mass is 9.96. The molecule has 6 heteroatoms. The summed E-state index contributed by atoms with van der Waals surface area (Å²) in [7, 11) is 0. The summed E-state index contributed by atoms with van der Waals surface area (Å²) in [6.45, 7) is 1.50. The largest absolute Gasteiger partial charge is 0.451 e. The Labute approximate surface area is 115 Å². The van der Waals surface area contributed by atoms with Crippen LogP contribution in [0.2, 0.25) is 0 Å². The molecule has 1 atom stereocenters. The zero-order chi connectivity index (χ0) is 14.7. The van der Waals surface area contributed by atoms with Gasteiger partial charge in [-0.15, -0.1) is 0 Å². The van der Waals surface area contributed by atoms with Gasteiger partial charge in [-0.1, -0.05) is 6.07 Å². The van der Waals surface area contributed by atoms with Crippen LogP contribution in [0.4, 0.5) is 5.69 Å². The average molecular weight is 277 g/mol. The van der Waals surface area contributed by atoms with E-state index in [2.05, 4.69) is 0 Å². The molecule has 1 aliphatic carbocycles. The number of carbonyl (C=O) groups is 2. The van der Waals surface area contributed by atoms with Crippen molar-refractivity contribution in [3.05, 3.63) is 39.4 Å². The molecule has 1 fully saturated rings. The van der Waals surface area contributed by atoms with Crippen molar-refractivity contribution in [1.82, 2.24) is 0 Å². The van der Waals surface area contributed by atoms with E-state index in [1.165, 1.54) is 25.1 Å². The molecule has 0 N–H and O–H groups in total. The highest BCUT2D eigenvalue weighted by Gasteiger charge is 2.27. The van der Waals surface area contributed by atoms with Gasteiger partial charge in [-0.2, -0.15) is 0 Å². The highest BCUT2D eigenvalue weighted by Crippen LogP contribution is 2.24. The van der Waals surface area contributed by atoms with E-state index < -0.39 is 17.0 Å². The van der Waals surface area contributed by atoms with Crippen molar-refractivity contribution >= 4 is 17.4 Å². The molecule has 1 aliphatic rings. The van der Waals surface area contributed by atoms with Crippen molar-refractivity contribution in [2.45, 2.75) is 38.7 Å². The molecule has 0 unspecified atom stereocenters. The number of esters is 1. The Balaban J connectivity index is 2.19. The molecule has 0 amide bonds. The molecule has 0 aliphatic heterocycles. The zero-order valence-electron chi connectivity index (χ0n) is 11.1. The molecule has 0 saturated heterocycles. The summed E-state index contributed by atoms with van der Waals surface area (Å²) in [6, 6.07) is 4.24. The lowest BCUT2D eigenvalue weighted by molar-refractivity contribution is -0.385. The highest BCUT2D eigenvalue weighted by molar-refractivity contribution is 5.95. The van der Waals surface area contributed by atoms with Crippen LogP contribution < -0.4 is 0 Å². The van der Waals surface area contributed by atoms with Crippen molar-refractivity contribution in [3.8, 4) is 0 Å². The number of nitrogens with zero attached hydrogens (tertiary/aromatic N) is 1. The molecule has 0 radical (unpaired) electrons. The van der Waals surface area contributed by atoms with Gasteiger partial charge in [0.2, 0.25) is 0 Å². The van der Waals surface area contributed by atoms with E-state index in [-0.39, 0.29) is 22.6 Å². The second-order valence-corrected chi connectivity index (χ2v) is 4.81. The first-order valence-electron chi connectivity index (χ1n) is 6.48. The third-order valence-electron chi connectivity index (χ3n) is 3.47. The Bertz CT molecular complexity index is 567. The molecule has 106 valence electrons. The number of nitro benzene ring substituents is 1. The van der Waals surface area contributed by atoms with Crippen LogP contribution in [0.1, 0.15) is 41.6 Å². The molecule has 1 saturated carbocycles. The SMILES string of the molecule is Cc1c(C(=O)O[C@H]2CCCCC2=O)cccc1[N+](=O)[O-]. The predicted octanol–water partition coefficient (Wildman–Crippen LogP) is 2.57. The zero-order valence-corrected chi connectivity index (χ0v) is 11.1. The molecule has 0 spiro atoms. The standard InChI is InChI=1S/C14H15NO5/c1-9-10(5-4-6-11(9)15(18)19)14(17)20-13-8-3-2-7-12(13)16/h4-6,13H,2-3,7-8H2,1H3/t13-/m0/s1. The Morgan fingerprint density at radius 3 is 2.80 bits per heavy atom. The van der Waals surface area contributed by atoms with Gasteiger partial charge in [-0.25, -0.2) is 4.79 Å². The van der Waals surface area contributed by atoms with Crippen LogP contribution in [0.3, 0.4) is 0 Å². The van der Waals surface area contributed by atoms with E-state index in [9.17, 15) is 19.7 Å². The normalized spacial score (nSPS) is 18.6. The van der Waals surface area contributed by atoms with Crippen LogP contribution in [-0.2, 0) is 9.53 Å². The van der Waals surface area contributed by atoms with Gasteiger partial charge in [0, 0.05) is 18.1 Å². The quantitative estimate of drug-likeness (QED) is 0.481. The minimum absolute atomic E-state index is 0.0762. The Morgan fingerprint density at radius 2 is 2.15 bits per heavy atom. The molecule has 20 heavy (non-hydrogen) atoms. The van der Waals surface area contributed by atoms with Crippen molar-refractivity contribution in [2.24, 2.45) is 0 Å². The number of nitro groups is 1. The number of carbonyl (C=O) groups excluding carboxylic acids is 2. The second kappa shape index (κ2) is 5.81. The first-order valence-corrected chi connectivity index (χ1v) is 6.48. The molecule has 0 aromatic heterocycles. The fraction of sp³-hybridized carbons (Fsp3) is 0.429. The summed E-state index contributed by atoms with van der Waals surface area (Å²) in [4.78, 5) is 34.0. The molecule has 1 aromatic carbocycles. The lowest BCUT2D eigenvalue weighted by Gasteiger charge is -2.20. The van der Waals surface area contributed by atoms with Crippen molar-refractivity contribution in [1.29, 1.82) is 0 Å². The maximum atomic E-state index is 12.1. The molecule has 1 aromatic rings. The Hall–Kier alpha value is -2.24. The molecular formula is C14H15NO5. The van der Waals surface area contributed by atoms with Crippen molar-refractivity contribution in [3.63, 3.8) is 0 Å². The third-order valence-corrected chi connectivity index (χ3v) is 3.47. The average Bonchev–Trinajstić information content (AvgIpc) is 2.41. The lowest BCUT2D eigenvalue weighted by Crippen LogP contribution is -2.30. The van der Waals surface area contributed by atoms with E-state index in [0.717, 1.165) is 12.8 Å². The van der Waals surface area contributed by atoms with E-state index in [4.69, 9.17) is 4.74 Å². The van der Waals surface area contributed by atoms with Crippen molar-refractivity contribution < 1.29 is 19.2 Å². The Morgan fingerprint density at radius 1 is 1.40 bits per heavy atom. The fourth-order valence-electron chi connectivity index (χ4n) is 2.31. The summed E-state index contributed by atoms with van der Waals surface area (Å²) < 4.78 is 5.19. The summed E-state index contributed by atoms with van der Waals surface area (Å²) >= 11 is 0. The van der Waals surface area contributed by atoms with Gasteiger partial charge < -0.3 is 4.74 Å². The van der Waals surface area contributed by atoms with Gasteiger partial charge in [0.15, 0.2) is 11.9 Å². The number of rotatable bonds is 3. The predicted molar refractivity (Wildman–Crippen MR) is 70.5 cm³/mol. The van der Waals surface area contributed by atoms with Crippen LogP contribution >= 0.6 is 0 Å². The van der Waals surface area contributed by atoms with E-state index >= 15 is 0 Å². The smallest absolute Gasteiger partial charge is 0.339 e. The number of Topliss-reactive ketones (excluding diaryl/α,β-unsaturated/α-hetero) is 1. The molecular weight excluding hydrogens is 262 g/mol. The summed E-state index contributed by atoms with van der Waals surface area (Å²) in [5, 5.41) is 10.8. The van der Waals surface area contributed by atoms with Crippen LogP contribution in [0.15, 0.2) is 18.2 Å². The van der Waals surface area contributed by atoms with Gasteiger partial charge >= 0.3 is 5.97 Å². The summed E-state index contributed by atoms with van der Waals surface area (Å²) in [6.07, 6.45) is 1.90.